The van der Waals surface area contributed by atoms with Crippen molar-refractivity contribution in [1.82, 2.24) is 19.9 Å². The van der Waals surface area contributed by atoms with Crippen LogP contribution in [-0.2, 0) is 6.54 Å². The predicted octanol–water partition coefficient (Wildman–Crippen LogP) is 3.55. The zero-order chi connectivity index (χ0) is 20.3. The first-order valence-electron chi connectivity index (χ1n) is 9.25. The fraction of sp³-hybridized carbons (Fsp3) is 0.333. The highest BCUT2D eigenvalue weighted by molar-refractivity contribution is 5.56. The summed E-state index contributed by atoms with van der Waals surface area (Å²) in [5, 5.41) is 15.5. The molecule has 3 N–H and O–H groups in total. The van der Waals surface area contributed by atoms with E-state index in [1.165, 1.54) is 6.20 Å². The smallest absolute Gasteiger partial charge is 0.229 e. The second-order valence-electron chi connectivity index (χ2n) is 7.20. The van der Waals surface area contributed by atoms with E-state index in [0.29, 0.717) is 12.5 Å². The van der Waals surface area contributed by atoms with Gasteiger partial charge in [0.2, 0.25) is 5.95 Å². The van der Waals surface area contributed by atoms with Crippen LogP contribution in [0.1, 0.15) is 29.2 Å². The van der Waals surface area contributed by atoms with E-state index in [1.807, 2.05) is 52.2 Å². The minimum absolute atomic E-state index is 0.00729. The van der Waals surface area contributed by atoms with Gasteiger partial charge in [0, 0.05) is 30.7 Å². The summed E-state index contributed by atoms with van der Waals surface area (Å²) in [5.41, 5.74) is 5.14. The Balaban J connectivity index is 1.85. The zero-order valence-electron chi connectivity index (χ0n) is 16.6. The standard InChI is InChI=1S/C21H26FN5O/c1-13-5-14(2)7-18(6-13)25-21-24-9-19(22)20(26-21)27-10-15(3)17(11-27)8-23-16(4)12-28/h5-7,9-11,16,23,28H,8,12H2,1-4H3,(H,24,25,26)/t16-/m0/s1. The number of nitrogens with one attached hydrogen (secondary N) is 2. The molecular weight excluding hydrogens is 357 g/mol. The highest BCUT2D eigenvalue weighted by Crippen LogP contribution is 2.20. The second-order valence-corrected chi connectivity index (χ2v) is 7.20. The van der Waals surface area contributed by atoms with Gasteiger partial charge in [-0.15, -0.1) is 0 Å². The van der Waals surface area contributed by atoms with E-state index in [-0.39, 0.29) is 18.5 Å². The van der Waals surface area contributed by atoms with Crippen LogP contribution in [0.15, 0.2) is 36.8 Å². The largest absolute Gasteiger partial charge is 0.395 e. The number of nitrogens with zero attached hydrogens (tertiary/aromatic N) is 3. The summed E-state index contributed by atoms with van der Waals surface area (Å²) in [7, 11) is 0. The Bertz CT molecular complexity index is 949. The predicted molar refractivity (Wildman–Crippen MR) is 109 cm³/mol. The van der Waals surface area contributed by atoms with Crippen LogP contribution in [0.25, 0.3) is 5.82 Å². The van der Waals surface area contributed by atoms with E-state index in [2.05, 4.69) is 26.7 Å². The van der Waals surface area contributed by atoms with Crippen molar-refractivity contribution >= 4 is 11.6 Å². The molecule has 0 amide bonds. The van der Waals surface area contributed by atoms with Crippen LogP contribution >= 0.6 is 0 Å². The van der Waals surface area contributed by atoms with Gasteiger partial charge in [0.25, 0.3) is 0 Å². The average molecular weight is 383 g/mol. The molecule has 0 fully saturated rings. The number of benzene rings is 1. The van der Waals surface area contributed by atoms with Crippen molar-refractivity contribution in [2.45, 2.75) is 40.3 Å². The van der Waals surface area contributed by atoms with Gasteiger partial charge >= 0.3 is 0 Å². The van der Waals surface area contributed by atoms with Crippen molar-refractivity contribution in [1.29, 1.82) is 0 Å². The molecule has 0 spiro atoms. The Morgan fingerprint density at radius 2 is 1.86 bits per heavy atom. The molecule has 0 aliphatic carbocycles. The molecule has 1 atom stereocenters. The first kappa shape index (κ1) is 20.0. The monoisotopic (exact) mass is 383 g/mol. The lowest BCUT2D eigenvalue weighted by Crippen LogP contribution is -2.28. The normalized spacial score (nSPS) is 12.2. The Morgan fingerprint density at radius 3 is 2.54 bits per heavy atom. The van der Waals surface area contributed by atoms with Gasteiger partial charge in [0.05, 0.1) is 12.8 Å². The molecular formula is C21H26FN5O. The van der Waals surface area contributed by atoms with Crippen LogP contribution in [0.3, 0.4) is 0 Å². The molecule has 3 rings (SSSR count). The highest BCUT2D eigenvalue weighted by Gasteiger charge is 2.13. The molecule has 28 heavy (non-hydrogen) atoms. The number of anilines is 2. The van der Waals surface area contributed by atoms with E-state index in [4.69, 9.17) is 5.11 Å². The van der Waals surface area contributed by atoms with Gasteiger partial charge in [-0.1, -0.05) is 6.07 Å². The minimum Gasteiger partial charge on any atom is -0.395 e. The van der Waals surface area contributed by atoms with Crippen molar-refractivity contribution in [3.05, 3.63) is 64.9 Å². The van der Waals surface area contributed by atoms with Gasteiger partial charge in [-0.25, -0.2) is 9.37 Å². The molecule has 0 unspecified atom stereocenters. The molecule has 0 aliphatic rings. The SMILES string of the molecule is Cc1cc(C)cc(Nc2ncc(F)c(-n3cc(C)c(CN[C@@H](C)CO)c3)n2)c1. The molecule has 3 aromatic rings. The summed E-state index contributed by atoms with van der Waals surface area (Å²) in [4.78, 5) is 8.44. The third-order valence-corrected chi connectivity index (χ3v) is 4.50. The highest BCUT2D eigenvalue weighted by atomic mass is 19.1. The van der Waals surface area contributed by atoms with Crippen LogP contribution in [0.5, 0.6) is 0 Å². The maximum atomic E-state index is 14.4. The molecule has 0 saturated heterocycles. The lowest BCUT2D eigenvalue weighted by molar-refractivity contribution is 0.251. The minimum atomic E-state index is -0.496. The van der Waals surface area contributed by atoms with Crippen molar-refractivity contribution in [2.24, 2.45) is 0 Å². The molecule has 2 heterocycles. The Hall–Kier alpha value is -2.77. The Morgan fingerprint density at radius 1 is 1.14 bits per heavy atom. The van der Waals surface area contributed by atoms with Gasteiger partial charge in [-0.3, -0.25) is 0 Å². The number of aryl methyl sites for hydroxylation is 3. The number of hydrogen-bond acceptors (Lipinski definition) is 5. The lowest BCUT2D eigenvalue weighted by atomic mass is 10.1. The molecule has 0 bridgehead atoms. The van der Waals surface area contributed by atoms with Gasteiger partial charge in [-0.05, 0) is 62.1 Å². The van der Waals surface area contributed by atoms with Crippen molar-refractivity contribution < 1.29 is 9.50 Å². The molecule has 1 aromatic carbocycles. The maximum absolute atomic E-state index is 14.4. The molecule has 0 saturated carbocycles. The summed E-state index contributed by atoms with van der Waals surface area (Å²) in [5.74, 6) is 0.0250. The summed E-state index contributed by atoms with van der Waals surface area (Å²) < 4.78 is 16.1. The fourth-order valence-electron chi connectivity index (χ4n) is 3.03. The summed E-state index contributed by atoms with van der Waals surface area (Å²) in [6.07, 6.45) is 4.86. The molecule has 7 heteroatoms. The molecule has 148 valence electrons. The van der Waals surface area contributed by atoms with Crippen LogP contribution < -0.4 is 10.6 Å². The third-order valence-electron chi connectivity index (χ3n) is 4.50. The first-order chi connectivity index (χ1) is 13.4. The number of aliphatic hydroxyl groups excluding tert-OH is 1. The van der Waals surface area contributed by atoms with E-state index in [1.54, 1.807) is 4.57 Å². The number of aliphatic hydroxyl groups is 1. The topological polar surface area (TPSA) is 75.0 Å². The molecule has 2 aromatic heterocycles. The molecule has 6 nitrogen and oxygen atoms in total. The van der Waals surface area contributed by atoms with Crippen LogP contribution in [0.4, 0.5) is 16.0 Å². The van der Waals surface area contributed by atoms with Gasteiger partial charge in [-0.2, -0.15) is 4.98 Å². The first-order valence-corrected chi connectivity index (χ1v) is 9.25. The van der Waals surface area contributed by atoms with Crippen molar-refractivity contribution in [2.75, 3.05) is 11.9 Å². The maximum Gasteiger partial charge on any atom is 0.229 e. The van der Waals surface area contributed by atoms with Gasteiger partial charge in [0.15, 0.2) is 11.6 Å². The Kier molecular flexibility index (Phi) is 6.06. The van der Waals surface area contributed by atoms with Crippen LogP contribution in [0, 0.1) is 26.6 Å². The quantitative estimate of drug-likeness (QED) is 0.582. The van der Waals surface area contributed by atoms with E-state index < -0.39 is 5.82 Å². The van der Waals surface area contributed by atoms with Crippen LogP contribution in [0.2, 0.25) is 0 Å². The summed E-state index contributed by atoms with van der Waals surface area (Å²) in [6.45, 7) is 8.55. The second kappa shape index (κ2) is 8.50. The summed E-state index contributed by atoms with van der Waals surface area (Å²) >= 11 is 0. The molecule has 0 aliphatic heterocycles. The van der Waals surface area contributed by atoms with Crippen LogP contribution in [-0.4, -0.2) is 32.3 Å². The van der Waals surface area contributed by atoms with E-state index >= 15 is 0 Å². The third kappa shape index (κ3) is 4.74. The number of hydrogen-bond donors (Lipinski definition) is 3. The number of halogens is 1. The lowest BCUT2D eigenvalue weighted by Gasteiger charge is -2.10. The zero-order valence-corrected chi connectivity index (χ0v) is 16.6. The van der Waals surface area contributed by atoms with Crippen molar-refractivity contribution in [3.63, 3.8) is 0 Å². The van der Waals surface area contributed by atoms with Gasteiger partial charge < -0.3 is 20.3 Å². The van der Waals surface area contributed by atoms with E-state index in [0.717, 1.165) is 27.9 Å². The number of rotatable bonds is 7. The van der Waals surface area contributed by atoms with E-state index in [9.17, 15) is 4.39 Å². The number of aromatic nitrogens is 3. The summed E-state index contributed by atoms with van der Waals surface area (Å²) in [6, 6.07) is 6.06. The van der Waals surface area contributed by atoms with Gasteiger partial charge in [0.1, 0.15) is 0 Å². The molecule has 0 radical (unpaired) electrons. The average Bonchev–Trinajstić information content (AvgIpc) is 3.01. The Labute approximate surface area is 164 Å². The van der Waals surface area contributed by atoms with Crippen molar-refractivity contribution in [3.8, 4) is 5.82 Å². The fourth-order valence-corrected chi connectivity index (χ4v) is 3.03.